The van der Waals surface area contributed by atoms with Crippen LogP contribution in [0.1, 0.15) is 11.5 Å². The first-order chi connectivity index (χ1) is 9.13. The number of amides is 2. The summed E-state index contributed by atoms with van der Waals surface area (Å²) in [4.78, 5) is 11.5. The summed E-state index contributed by atoms with van der Waals surface area (Å²) >= 11 is 5.74. The van der Waals surface area contributed by atoms with Gasteiger partial charge in [-0.2, -0.15) is 5.10 Å². The topological polar surface area (TPSA) is 66.6 Å². The van der Waals surface area contributed by atoms with Crippen LogP contribution in [0.15, 0.2) is 45.9 Å². The van der Waals surface area contributed by atoms with Crippen molar-refractivity contribution in [3.8, 4) is 0 Å². The Kier molecular flexibility index (Phi) is 4.20. The third kappa shape index (κ3) is 4.15. The minimum atomic E-state index is -0.443. The van der Waals surface area contributed by atoms with Crippen LogP contribution in [-0.2, 0) is 0 Å². The average molecular weight is 278 g/mol. The van der Waals surface area contributed by atoms with Gasteiger partial charge in [-0.1, -0.05) is 11.6 Å². The summed E-state index contributed by atoms with van der Waals surface area (Å²) in [5.74, 6) is 1.36. The summed E-state index contributed by atoms with van der Waals surface area (Å²) in [5, 5.41) is 6.98. The number of urea groups is 1. The van der Waals surface area contributed by atoms with Crippen LogP contribution in [0.5, 0.6) is 0 Å². The van der Waals surface area contributed by atoms with E-state index in [1.807, 2.05) is 13.0 Å². The van der Waals surface area contributed by atoms with Gasteiger partial charge in [-0.05, 0) is 43.3 Å². The first-order valence-corrected chi connectivity index (χ1v) is 5.93. The number of anilines is 1. The van der Waals surface area contributed by atoms with Crippen LogP contribution in [-0.4, -0.2) is 12.2 Å². The normalized spacial score (nSPS) is 10.6. The Morgan fingerprint density at radius 2 is 2.00 bits per heavy atom. The highest BCUT2D eigenvalue weighted by atomic mass is 35.5. The van der Waals surface area contributed by atoms with Crippen molar-refractivity contribution in [1.82, 2.24) is 5.43 Å². The lowest BCUT2D eigenvalue weighted by molar-refractivity contribution is 0.252. The Morgan fingerprint density at radius 3 is 2.63 bits per heavy atom. The summed E-state index contributed by atoms with van der Waals surface area (Å²) in [7, 11) is 0. The highest BCUT2D eigenvalue weighted by Gasteiger charge is 1.99. The van der Waals surface area contributed by atoms with Crippen LogP contribution in [0.25, 0.3) is 0 Å². The van der Waals surface area contributed by atoms with Gasteiger partial charge in [0.1, 0.15) is 11.5 Å². The Balaban J connectivity index is 1.84. The number of nitrogens with one attached hydrogen (secondary N) is 2. The van der Waals surface area contributed by atoms with Crippen molar-refractivity contribution in [2.45, 2.75) is 6.92 Å². The zero-order valence-electron chi connectivity index (χ0n) is 10.2. The average Bonchev–Trinajstić information content (AvgIpc) is 2.78. The molecule has 6 heteroatoms. The van der Waals surface area contributed by atoms with Gasteiger partial charge in [0.15, 0.2) is 0 Å². The molecule has 0 saturated carbocycles. The summed E-state index contributed by atoms with van der Waals surface area (Å²) in [6, 6.07) is 9.90. The summed E-state index contributed by atoms with van der Waals surface area (Å²) in [6.45, 7) is 1.83. The van der Waals surface area contributed by atoms with Gasteiger partial charge in [0, 0.05) is 10.7 Å². The zero-order chi connectivity index (χ0) is 13.7. The van der Waals surface area contributed by atoms with Crippen molar-refractivity contribution in [3.05, 3.63) is 52.9 Å². The van der Waals surface area contributed by atoms with E-state index in [2.05, 4.69) is 15.8 Å². The van der Waals surface area contributed by atoms with Crippen LogP contribution in [0.3, 0.4) is 0 Å². The zero-order valence-corrected chi connectivity index (χ0v) is 10.9. The number of rotatable bonds is 3. The van der Waals surface area contributed by atoms with E-state index in [-0.39, 0.29) is 0 Å². The molecule has 98 valence electrons. The van der Waals surface area contributed by atoms with Crippen LogP contribution in [0, 0.1) is 6.92 Å². The molecular formula is C13H12ClN3O2. The van der Waals surface area contributed by atoms with Gasteiger partial charge in [0.2, 0.25) is 0 Å². The van der Waals surface area contributed by atoms with Crippen molar-refractivity contribution in [2.75, 3.05) is 5.32 Å². The molecule has 0 bridgehead atoms. The molecule has 0 aliphatic heterocycles. The number of furan rings is 1. The quantitative estimate of drug-likeness (QED) is 0.667. The third-order valence-electron chi connectivity index (χ3n) is 2.22. The number of hydrogen-bond donors (Lipinski definition) is 2. The van der Waals surface area contributed by atoms with E-state index >= 15 is 0 Å². The van der Waals surface area contributed by atoms with Gasteiger partial charge in [-0.25, -0.2) is 10.2 Å². The van der Waals surface area contributed by atoms with E-state index in [9.17, 15) is 4.79 Å². The predicted molar refractivity (Wildman–Crippen MR) is 74.6 cm³/mol. The second kappa shape index (κ2) is 6.06. The molecule has 1 aromatic heterocycles. The number of hydrazone groups is 1. The molecule has 19 heavy (non-hydrogen) atoms. The van der Waals surface area contributed by atoms with Gasteiger partial charge >= 0.3 is 6.03 Å². The summed E-state index contributed by atoms with van der Waals surface area (Å²) in [6.07, 6.45) is 1.43. The number of nitrogens with zero attached hydrogens (tertiary/aromatic N) is 1. The third-order valence-corrected chi connectivity index (χ3v) is 2.47. The van der Waals surface area contributed by atoms with Gasteiger partial charge in [-0.15, -0.1) is 0 Å². The number of halogens is 1. The molecule has 0 aliphatic carbocycles. The standard InChI is InChI=1S/C13H12ClN3O2/c1-9-2-7-12(19-9)8-15-17-13(18)16-11-5-3-10(14)4-6-11/h2-8H,1H3,(H2,16,17,18)/b15-8-. The smallest absolute Gasteiger partial charge is 0.339 e. The molecule has 0 fully saturated rings. The Bertz CT molecular complexity index is 590. The summed E-state index contributed by atoms with van der Waals surface area (Å²) in [5.41, 5.74) is 2.96. The predicted octanol–water partition coefficient (Wildman–Crippen LogP) is 3.40. The molecule has 0 spiro atoms. The fraction of sp³-hybridized carbons (Fsp3) is 0.0769. The Hall–Kier alpha value is -2.27. The van der Waals surface area contributed by atoms with Crippen LogP contribution in [0.2, 0.25) is 5.02 Å². The highest BCUT2D eigenvalue weighted by Crippen LogP contribution is 2.12. The van der Waals surface area contributed by atoms with Gasteiger partial charge in [0.05, 0.1) is 6.21 Å². The maximum atomic E-state index is 11.5. The summed E-state index contributed by atoms with van der Waals surface area (Å²) < 4.78 is 5.26. The molecule has 2 N–H and O–H groups in total. The molecule has 2 aromatic rings. The van der Waals surface area contributed by atoms with Crippen LogP contribution in [0.4, 0.5) is 10.5 Å². The molecular weight excluding hydrogens is 266 g/mol. The van der Waals surface area contributed by atoms with Crippen LogP contribution < -0.4 is 10.7 Å². The maximum absolute atomic E-state index is 11.5. The van der Waals surface area contributed by atoms with E-state index < -0.39 is 6.03 Å². The second-order valence-corrected chi connectivity index (χ2v) is 4.22. The number of aryl methyl sites for hydroxylation is 1. The van der Waals surface area contributed by atoms with Crippen molar-refractivity contribution in [2.24, 2.45) is 5.10 Å². The van der Waals surface area contributed by atoms with E-state index in [4.69, 9.17) is 16.0 Å². The van der Waals surface area contributed by atoms with Crippen LogP contribution >= 0.6 is 11.6 Å². The van der Waals surface area contributed by atoms with Gasteiger partial charge in [0.25, 0.3) is 0 Å². The SMILES string of the molecule is Cc1ccc(/C=N\NC(=O)Nc2ccc(Cl)cc2)o1. The lowest BCUT2D eigenvalue weighted by Crippen LogP contribution is -2.24. The molecule has 1 aromatic carbocycles. The Labute approximate surface area is 115 Å². The van der Waals surface area contributed by atoms with E-state index in [1.54, 1.807) is 30.3 Å². The molecule has 0 aliphatic rings. The number of carbonyl (C=O) groups is 1. The molecule has 0 radical (unpaired) electrons. The molecule has 0 saturated heterocycles. The van der Waals surface area contributed by atoms with Crippen molar-refractivity contribution >= 4 is 29.5 Å². The lowest BCUT2D eigenvalue weighted by atomic mass is 10.3. The van der Waals surface area contributed by atoms with E-state index in [0.29, 0.717) is 16.5 Å². The second-order valence-electron chi connectivity index (χ2n) is 3.78. The molecule has 0 atom stereocenters. The minimum Gasteiger partial charge on any atom is -0.460 e. The molecule has 2 rings (SSSR count). The Morgan fingerprint density at radius 1 is 1.26 bits per heavy atom. The fourth-order valence-corrected chi connectivity index (χ4v) is 1.50. The monoisotopic (exact) mass is 277 g/mol. The minimum absolute atomic E-state index is 0.443. The first kappa shape index (κ1) is 13.2. The highest BCUT2D eigenvalue weighted by molar-refractivity contribution is 6.30. The number of benzene rings is 1. The molecule has 1 heterocycles. The first-order valence-electron chi connectivity index (χ1n) is 5.55. The number of hydrogen-bond acceptors (Lipinski definition) is 3. The van der Waals surface area contributed by atoms with Gasteiger partial charge < -0.3 is 9.73 Å². The maximum Gasteiger partial charge on any atom is 0.339 e. The molecule has 5 nitrogen and oxygen atoms in total. The van der Waals surface area contributed by atoms with Crippen molar-refractivity contribution in [3.63, 3.8) is 0 Å². The van der Waals surface area contributed by atoms with Crippen molar-refractivity contribution in [1.29, 1.82) is 0 Å². The molecule has 0 unspecified atom stereocenters. The van der Waals surface area contributed by atoms with E-state index in [0.717, 1.165) is 5.76 Å². The van der Waals surface area contributed by atoms with Gasteiger partial charge in [-0.3, -0.25) is 0 Å². The fourth-order valence-electron chi connectivity index (χ4n) is 1.37. The molecule has 2 amide bonds. The van der Waals surface area contributed by atoms with Crippen molar-refractivity contribution < 1.29 is 9.21 Å². The largest absolute Gasteiger partial charge is 0.460 e. The number of carbonyl (C=O) groups excluding carboxylic acids is 1. The lowest BCUT2D eigenvalue weighted by Gasteiger charge is -2.03. The van der Waals surface area contributed by atoms with E-state index in [1.165, 1.54) is 6.21 Å².